The first-order valence-electron chi connectivity index (χ1n) is 11.1. The fraction of sp³-hybridized carbons (Fsp3) is 0.231. The minimum atomic E-state index is -0.734. The Morgan fingerprint density at radius 1 is 1.00 bits per heavy atom. The molecule has 2 bridgehead atoms. The number of nitrogens with two attached hydrogens (primary N) is 1. The number of carbonyl (C=O) groups is 2. The van der Waals surface area contributed by atoms with Crippen molar-refractivity contribution in [3.8, 4) is 0 Å². The number of benzene rings is 3. The Morgan fingerprint density at radius 2 is 1.62 bits per heavy atom. The Labute approximate surface area is 200 Å². The molecule has 3 aromatic rings. The predicted molar refractivity (Wildman–Crippen MR) is 130 cm³/mol. The normalized spacial score (nSPS) is 19.7. The van der Waals surface area contributed by atoms with Gasteiger partial charge in [-0.25, -0.2) is 0 Å². The maximum Gasteiger partial charge on any atom is 0.283 e. The van der Waals surface area contributed by atoms with Gasteiger partial charge in [-0.3, -0.25) is 19.7 Å². The SMILES string of the molecule is NC(=O)c1ccc(SCC(=O)NCC2CC3c4ccccc4C2c2ccccc23)c([N+](=O)[O-])c1. The molecular formula is C26H23N3O4S. The van der Waals surface area contributed by atoms with Crippen molar-refractivity contribution in [1.29, 1.82) is 0 Å². The molecule has 6 rings (SSSR count). The highest BCUT2D eigenvalue weighted by Gasteiger charge is 2.42. The van der Waals surface area contributed by atoms with Crippen molar-refractivity contribution in [2.45, 2.75) is 23.2 Å². The monoisotopic (exact) mass is 473 g/mol. The van der Waals surface area contributed by atoms with Crippen molar-refractivity contribution in [2.75, 3.05) is 12.3 Å². The molecule has 0 aliphatic heterocycles. The fourth-order valence-corrected chi connectivity index (χ4v) is 6.17. The summed E-state index contributed by atoms with van der Waals surface area (Å²) in [5.74, 6) is -0.00508. The number of nitro groups is 1. The zero-order chi connectivity index (χ0) is 23.8. The topological polar surface area (TPSA) is 115 Å². The molecule has 0 spiro atoms. The summed E-state index contributed by atoms with van der Waals surface area (Å²) in [5.41, 5.74) is 10.5. The molecular weight excluding hydrogens is 450 g/mol. The minimum Gasteiger partial charge on any atom is -0.366 e. The number of thioether (sulfide) groups is 1. The lowest BCUT2D eigenvalue weighted by Crippen LogP contribution is -2.39. The first-order valence-corrected chi connectivity index (χ1v) is 12.1. The van der Waals surface area contributed by atoms with E-state index in [1.165, 1.54) is 34.4 Å². The van der Waals surface area contributed by atoms with Crippen LogP contribution in [0.5, 0.6) is 0 Å². The highest BCUT2D eigenvalue weighted by Crippen LogP contribution is 2.55. The van der Waals surface area contributed by atoms with Gasteiger partial charge in [-0.2, -0.15) is 0 Å². The number of hydrogen-bond donors (Lipinski definition) is 2. The van der Waals surface area contributed by atoms with Crippen molar-refractivity contribution >= 4 is 29.3 Å². The Balaban J connectivity index is 1.27. The average molecular weight is 474 g/mol. The first-order chi connectivity index (χ1) is 16.4. The summed E-state index contributed by atoms with van der Waals surface area (Å²) in [5, 5.41) is 14.4. The van der Waals surface area contributed by atoms with Gasteiger partial charge in [-0.1, -0.05) is 48.5 Å². The Kier molecular flexibility index (Phi) is 5.83. The van der Waals surface area contributed by atoms with Crippen LogP contribution < -0.4 is 11.1 Å². The zero-order valence-corrected chi connectivity index (χ0v) is 19.1. The van der Waals surface area contributed by atoms with Crippen LogP contribution in [0.3, 0.4) is 0 Å². The number of rotatable bonds is 7. The van der Waals surface area contributed by atoms with E-state index in [4.69, 9.17) is 5.73 Å². The molecule has 3 aliphatic rings. The minimum absolute atomic E-state index is 0.0464. The Bertz CT molecular complexity index is 1260. The number of fused-ring (bicyclic) bond motifs is 1. The largest absolute Gasteiger partial charge is 0.366 e. The van der Waals surface area contributed by atoms with E-state index in [-0.39, 0.29) is 34.7 Å². The summed E-state index contributed by atoms with van der Waals surface area (Å²) in [6.07, 6.45) is 0.978. The van der Waals surface area contributed by atoms with Gasteiger partial charge in [-0.15, -0.1) is 11.8 Å². The second-order valence-electron chi connectivity index (χ2n) is 8.68. The van der Waals surface area contributed by atoms with Crippen molar-refractivity contribution in [1.82, 2.24) is 5.32 Å². The van der Waals surface area contributed by atoms with Crippen molar-refractivity contribution in [3.05, 3.63) is 105 Å². The molecule has 0 saturated carbocycles. The van der Waals surface area contributed by atoms with Gasteiger partial charge in [0.25, 0.3) is 5.69 Å². The van der Waals surface area contributed by atoms with Crippen LogP contribution in [0.1, 0.15) is 50.9 Å². The maximum absolute atomic E-state index is 12.6. The smallest absolute Gasteiger partial charge is 0.283 e. The van der Waals surface area contributed by atoms with Gasteiger partial charge in [0.1, 0.15) is 0 Å². The molecule has 0 fully saturated rings. The summed E-state index contributed by atoms with van der Waals surface area (Å²) >= 11 is 1.08. The van der Waals surface area contributed by atoms with Crippen LogP contribution >= 0.6 is 11.8 Å². The highest BCUT2D eigenvalue weighted by molar-refractivity contribution is 8.00. The summed E-state index contributed by atoms with van der Waals surface area (Å²) in [6.45, 7) is 0.548. The van der Waals surface area contributed by atoms with Crippen LogP contribution in [-0.2, 0) is 4.79 Å². The highest BCUT2D eigenvalue weighted by atomic mass is 32.2. The molecule has 34 heavy (non-hydrogen) atoms. The molecule has 1 atom stereocenters. The quantitative estimate of drug-likeness (QED) is 0.303. The van der Waals surface area contributed by atoms with E-state index in [1.54, 1.807) is 0 Å². The first kappa shape index (κ1) is 22.2. The molecule has 0 heterocycles. The molecule has 0 saturated heterocycles. The third-order valence-electron chi connectivity index (χ3n) is 6.78. The van der Waals surface area contributed by atoms with Gasteiger partial charge >= 0.3 is 0 Å². The van der Waals surface area contributed by atoms with E-state index in [0.717, 1.165) is 24.2 Å². The second-order valence-corrected chi connectivity index (χ2v) is 9.70. The standard InChI is InChI=1S/C26H23N3O4S/c27-26(31)15-9-10-23(22(12-15)29(32)33)34-14-24(30)28-13-16-11-21-17-5-1-3-7-19(17)25(16)20-8-4-2-6-18(20)21/h1-10,12,16,21,25H,11,13-14H2,(H2,27,31)(H,28,30). The van der Waals surface area contributed by atoms with Gasteiger partial charge in [0.15, 0.2) is 0 Å². The van der Waals surface area contributed by atoms with Gasteiger partial charge in [0.05, 0.1) is 15.6 Å². The van der Waals surface area contributed by atoms with Crippen molar-refractivity contribution < 1.29 is 14.5 Å². The molecule has 0 aromatic heterocycles. The number of amides is 2. The molecule has 3 aromatic carbocycles. The number of hydrogen-bond acceptors (Lipinski definition) is 5. The van der Waals surface area contributed by atoms with Crippen LogP contribution in [0.25, 0.3) is 0 Å². The van der Waals surface area contributed by atoms with Crippen LogP contribution in [-0.4, -0.2) is 29.0 Å². The molecule has 172 valence electrons. The van der Waals surface area contributed by atoms with Gasteiger partial charge in [0.2, 0.25) is 11.8 Å². The Hall–Kier alpha value is -3.65. The number of nitrogens with one attached hydrogen (secondary N) is 1. The fourth-order valence-electron chi connectivity index (χ4n) is 5.33. The number of primary amides is 1. The number of carbonyl (C=O) groups excluding carboxylic acids is 2. The predicted octanol–water partition coefficient (Wildman–Crippen LogP) is 4.20. The van der Waals surface area contributed by atoms with Crippen LogP contribution in [0.2, 0.25) is 0 Å². The molecule has 8 heteroatoms. The van der Waals surface area contributed by atoms with Crippen molar-refractivity contribution in [3.63, 3.8) is 0 Å². The van der Waals surface area contributed by atoms with Crippen molar-refractivity contribution in [2.24, 2.45) is 11.7 Å². The third kappa shape index (κ3) is 3.94. The van der Waals surface area contributed by atoms with Gasteiger partial charge in [-0.05, 0) is 46.7 Å². The molecule has 3 N–H and O–H groups in total. The number of nitro benzene ring substituents is 1. The van der Waals surface area contributed by atoms with E-state index < -0.39 is 10.8 Å². The average Bonchev–Trinajstić information content (AvgIpc) is 2.86. The molecule has 7 nitrogen and oxygen atoms in total. The second kappa shape index (κ2) is 8.95. The molecule has 1 unspecified atom stereocenters. The Morgan fingerprint density at radius 3 is 2.21 bits per heavy atom. The lowest BCUT2D eigenvalue weighted by Gasteiger charge is -2.45. The van der Waals surface area contributed by atoms with Crippen LogP contribution in [0.15, 0.2) is 71.6 Å². The lowest BCUT2D eigenvalue weighted by atomic mass is 9.59. The van der Waals surface area contributed by atoms with Gasteiger partial charge in [0, 0.05) is 30.0 Å². The zero-order valence-electron chi connectivity index (χ0n) is 18.3. The lowest BCUT2D eigenvalue weighted by molar-refractivity contribution is -0.387. The van der Waals surface area contributed by atoms with Crippen LogP contribution in [0.4, 0.5) is 5.69 Å². The maximum atomic E-state index is 12.6. The third-order valence-corrected chi connectivity index (χ3v) is 7.85. The van der Waals surface area contributed by atoms with E-state index in [2.05, 4.69) is 53.8 Å². The summed E-state index contributed by atoms with van der Waals surface area (Å²) in [4.78, 5) is 35.1. The molecule has 2 amide bonds. The van der Waals surface area contributed by atoms with E-state index in [0.29, 0.717) is 17.4 Å². The van der Waals surface area contributed by atoms with Gasteiger partial charge < -0.3 is 11.1 Å². The van der Waals surface area contributed by atoms with E-state index >= 15 is 0 Å². The molecule has 3 aliphatic carbocycles. The number of nitrogens with zero attached hydrogens (tertiary/aromatic N) is 1. The van der Waals surface area contributed by atoms with E-state index in [9.17, 15) is 19.7 Å². The summed E-state index contributed by atoms with van der Waals surface area (Å²) in [6, 6.07) is 21.2. The van der Waals surface area contributed by atoms with E-state index in [1.807, 2.05) is 0 Å². The van der Waals surface area contributed by atoms with Crippen LogP contribution in [0, 0.1) is 16.0 Å². The molecule has 0 radical (unpaired) electrons. The summed E-state index contributed by atoms with van der Waals surface area (Å²) < 4.78 is 0. The summed E-state index contributed by atoms with van der Waals surface area (Å²) in [7, 11) is 0.